The Labute approximate surface area is 181 Å². The molecule has 1 aliphatic heterocycles. The number of carbonyl (C=O) groups excluding carboxylic acids is 1. The van der Waals surface area contributed by atoms with Gasteiger partial charge in [-0.3, -0.25) is 4.79 Å². The van der Waals surface area contributed by atoms with Gasteiger partial charge in [-0.1, -0.05) is 25.6 Å². The van der Waals surface area contributed by atoms with E-state index in [0.29, 0.717) is 17.5 Å². The monoisotopic (exact) mass is 452 g/mol. The second kappa shape index (κ2) is 9.38. The van der Waals surface area contributed by atoms with Gasteiger partial charge in [-0.2, -0.15) is 0 Å². The highest BCUT2D eigenvalue weighted by molar-refractivity contribution is 7.99. The number of carbonyl (C=O) groups is 1. The summed E-state index contributed by atoms with van der Waals surface area (Å²) in [4.78, 5) is 14.2. The van der Waals surface area contributed by atoms with E-state index in [1.165, 1.54) is 11.8 Å². The van der Waals surface area contributed by atoms with Crippen LogP contribution in [-0.4, -0.2) is 71.4 Å². The van der Waals surface area contributed by atoms with Gasteiger partial charge in [0.1, 0.15) is 5.75 Å². The van der Waals surface area contributed by atoms with Gasteiger partial charge in [0, 0.05) is 25.2 Å². The fourth-order valence-corrected chi connectivity index (χ4v) is 6.04. The molecule has 10 heteroatoms. The van der Waals surface area contributed by atoms with Gasteiger partial charge in [-0.15, -0.1) is 10.2 Å². The Morgan fingerprint density at radius 1 is 1.30 bits per heavy atom. The predicted molar refractivity (Wildman–Crippen MR) is 117 cm³/mol. The molecule has 164 valence electrons. The molecule has 2 aromatic rings. The Kier molecular flexibility index (Phi) is 7.07. The molecule has 1 fully saturated rings. The fourth-order valence-electron chi connectivity index (χ4n) is 3.39. The lowest BCUT2D eigenvalue weighted by Crippen LogP contribution is -2.38. The van der Waals surface area contributed by atoms with E-state index in [0.717, 1.165) is 23.7 Å². The third kappa shape index (κ3) is 5.34. The third-order valence-electron chi connectivity index (χ3n) is 5.09. The molecule has 2 heterocycles. The predicted octanol–water partition coefficient (Wildman–Crippen LogP) is 2.35. The molecule has 0 aliphatic carbocycles. The van der Waals surface area contributed by atoms with Crippen molar-refractivity contribution in [2.75, 3.05) is 31.4 Å². The number of thioether (sulfide) groups is 1. The van der Waals surface area contributed by atoms with Crippen LogP contribution in [0, 0.1) is 5.92 Å². The standard InChI is InChI=1S/C20H28N4O4S2/c1-14(2)11-24-19(15-5-7-17(28-4)8-6-15)21-22-20(24)29-12-18(25)23(3)16-9-10-30(26,27)13-16/h5-8,14,16H,9-13H2,1-4H3/t16-/m0/s1. The van der Waals surface area contributed by atoms with E-state index in [2.05, 4.69) is 24.0 Å². The lowest BCUT2D eigenvalue weighted by Gasteiger charge is -2.23. The molecule has 1 atom stereocenters. The number of hydrogen-bond donors (Lipinski definition) is 0. The summed E-state index contributed by atoms with van der Waals surface area (Å²) in [7, 11) is 0.272. The summed E-state index contributed by atoms with van der Waals surface area (Å²) in [5.41, 5.74) is 0.926. The summed E-state index contributed by atoms with van der Waals surface area (Å²) in [6, 6.07) is 7.39. The number of methoxy groups -OCH3 is 1. The van der Waals surface area contributed by atoms with Crippen LogP contribution in [0.15, 0.2) is 29.4 Å². The van der Waals surface area contributed by atoms with Crippen LogP contribution < -0.4 is 4.74 Å². The third-order valence-corrected chi connectivity index (χ3v) is 7.79. The van der Waals surface area contributed by atoms with E-state index >= 15 is 0 Å². The van der Waals surface area contributed by atoms with Crippen LogP contribution in [0.3, 0.4) is 0 Å². The maximum atomic E-state index is 12.6. The molecule has 1 aliphatic rings. The van der Waals surface area contributed by atoms with Crippen LogP contribution in [0.4, 0.5) is 0 Å². The van der Waals surface area contributed by atoms with Crippen molar-refractivity contribution in [3.05, 3.63) is 24.3 Å². The molecule has 0 spiro atoms. The van der Waals surface area contributed by atoms with Crippen molar-refractivity contribution in [3.63, 3.8) is 0 Å². The molecule has 0 radical (unpaired) electrons. The molecule has 30 heavy (non-hydrogen) atoms. The summed E-state index contributed by atoms with van der Waals surface area (Å²) >= 11 is 1.33. The average Bonchev–Trinajstić information content (AvgIpc) is 3.27. The lowest BCUT2D eigenvalue weighted by atomic mass is 10.2. The number of ether oxygens (including phenoxy) is 1. The first-order chi connectivity index (χ1) is 14.2. The van der Waals surface area contributed by atoms with Crippen LogP contribution in [-0.2, 0) is 21.2 Å². The molecule has 0 saturated carbocycles. The highest BCUT2D eigenvalue weighted by atomic mass is 32.2. The number of benzene rings is 1. The van der Waals surface area contributed by atoms with Crippen LogP contribution in [0.2, 0.25) is 0 Å². The van der Waals surface area contributed by atoms with Gasteiger partial charge in [0.15, 0.2) is 20.8 Å². The van der Waals surface area contributed by atoms with Crippen LogP contribution in [0.25, 0.3) is 11.4 Å². The Hall–Kier alpha value is -2.07. The number of amides is 1. The minimum Gasteiger partial charge on any atom is -0.497 e. The zero-order chi connectivity index (χ0) is 21.9. The van der Waals surface area contributed by atoms with Crippen molar-refractivity contribution in [1.82, 2.24) is 19.7 Å². The minimum atomic E-state index is -3.03. The average molecular weight is 453 g/mol. The topological polar surface area (TPSA) is 94.4 Å². The summed E-state index contributed by atoms with van der Waals surface area (Å²) in [6.07, 6.45) is 0.500. The Morgan fingerprint density at radius 3 is 2.57 bits per heavy atom. The van der Waals surface area contributed by atoms with E-state index in [1.54, 1.807) is 19.1 Å². The van der Waals surface area contributed by atoms with E-state index in [9.17, 15) is 13.2 Å². The maximum absolute atomic E-state index is 12.6. The highest BCUT2D eigenvalue weighted by Gasteiger charge is 2.32. The smallest absolute Gasteiger partial charge is 0.233 e. The van der Waals surface area contributed by atoms with Gasteiger partial charge in [0.05, 0.1) is 24.4 Å². The van der Waals surface area contributed by atoms with Crippen molar-refractivity contribution in [2.45, 2.75) is 38.0 Å². The van der Waals surface area contributed by atoms with Crippen molar-refractivity contribution in [2.24, 2.45) is 5.92 Å². The Balaban J connectivity index is 1.73. The molecule has 3 rings (SSSR count). The van der Waals surface area contributed by atoms with E-state index in [-0.39, 0.29) is 29.2 Å². The zero-order valence-electron chi connectivity index (χ0n) is 17.7. The first-order valence-corrected chi connectivity index (χ1v) is 12.7. The number of hydrogen-bond acceptors (Lipinski definition) is 7. The van der Waals surface area contributed by atoms with Crippen LogP contribution >= 0.6 is 11.8 Å². The fraction of sp³-hybridized carbons (Fsp3) is 0.550. The second-order valence-electron chi connectivity index (χ2n) is 7.89. The molecular weight excluding hydrogens is 424 g/mol. The molecule has 1 aromatic carbocycles. The van der Waals surface area contributed by atoms with Gasteiger partial charge in [0.2, 0.25) is 5.91 Å². The molecule has 1 amide bonds. The van der Waals surface area contributed by atoms with E-state index < -0.39 is 9.84 Å². The molecular formula is C20H28N4O4S2. The van der Waals surface area contributed by atoms with Gasteiger partial charge >= 0.3 is 0 Å². The molecule has 0 bridgehead atoms. The van der Waals surface area contributed by atoms with Gasteiger partial charge in [-0.05, 0) is 36.6 Å². The SMILES string of the molecule is COc1ccc(-c2nnc(SCC(=O)N(C)[C@H]3CCS(=O)(=O)C3)n2CC(C)C)cc1. The molecule has 0 N–H and O–H groups in total. The largest absolute Gasteiger partial charge is 0.497 e. The molecule has 0 unspecified atom stereocenters. The summed E-state index contributed by atoms with van der Waals surface area (Å²) in [5, 5.41) is 9.36. The number of rotatable bonds is 8. The first-order valence-electron chi connectivity index (χ1n) is 9.86. The minimum absolute atomic E-state index is 0.0467. The lowest BCUT2D eigenvalue weighted by molar-refractivity contribution is -0.128. The number of aromatic nitrogens is 3. The van der Waals surface area contributed by atoms with Gasteiger partial charge in [0.25, 0.3) is 0 Å². The van der Waals surface area contributed by atoms with Crippen molar-refractivity contribution < 1.29 is 17.9 Å². The van der Waals surface area contributed by atoms with Gasteiger partial charge in [-0.25, -0.2) is 8.42 Å². The normalized spacial score (nSPS) is 18.0. The highest BCUT2D eigenvalue weighted by Crippen LogP contribution is 2.27. The quantitative estimate of drug-likeness (QED) is 0.568. The van der Waals surface area contributed by atoms with Crippen molar-refractivity contribution in [1.29, 1.82) is 0 Å². The van der Waals surface area contributed by atoms with Crippen LogP contribution in [0.5, 0.6) is 5.75 Å². The number of nitrogens with zero attached hydrogens (tertiary/aromatic N) is 4. The second-order valence-corrected chi connectivity index (χ2v) is 11.1. The van der Waals surface area contributed by atoms with Crippen molar-refractivity contribution >= 4 is 27.5 Å². The first kappa shape index (κ1) is 22.6. The molecule has 1 aromatic heterocycles. The number of sulfone groups is 1. The maximum Gasteiger partial charge on any atom is 0.233 e. The van der Waals surface area contributed by atoms with Gasteiger partial charge < -0.3 is 14.2 Å². The summed E-state index contributed by atoms with van der Waals surface area (Å²) in [6.45, 7) is 4.96. The zero-order valence-corrected chi connectivity index (χ0v) is 19.4. The summed E-state index contributed by atoms with van der Waals surface area (Å²) < 4.78 is 30.7. The Morgan fingerprint density at radius 2 is 2.00 bits per heavy atom. The summed E-state index contributed by atoms with van der Waals surface area (Å²) in [5.74, 6) is 2.17. The Bertz CT molecular complexity index is 987. The van der Waals surface area contributed by atoms with E-state index in [4.69, 9.17) is 4.74 Å². The van der Waals surface area contributed by atoms with Crippen LogP contribution in [0.1, 0.15) is 20.3 Å². The van der Waals surface area contributed by atoms with E-state index in [1.807, 2.05) is 28.8 Å². The molecule has 8 nitrogen and oxygen atoms in total. The molecule has 1 saturated heterocycles. The van der Waals surface area contributed by atoms with Crippen molar-refractivity contribution in [3.8, 4) is 17.1 Å².